The lowest BCUT2D eigenvalue weighted by Gasteiger charge is -2.05. The fraction of sp³-hybridized carbons (Fsp3) is 0.143. The van der Waals surface area contributed by atoms with Crippen LogP contribution in [-0.4, -0.2) is 37.6 Å². The maximum Gasteiger partial charge on any atom is 0.339 e. The number of hydrogen-bond acceptors (Lipinski definition) is 8. The third-order valence-electron chi connectivity index (χ3n) is 5.18. The summed E-state index contributed by atoms with van der Waals surface area (Å²) >= 11 is 12.3. The molecule has 38 heavy (non-hydrogen) atoms. The maximum atomic E-state index is 12.1. The van der Waals surface area contributed by atoms with E-state index < -0.39 is 11.9 Å². The molecule has 0 atom stereocenters. The summed E-state index contributed by atoms with van der Waals surface area (Å²) in [5.41, 5.74) is 1.85. The molecule has 2 aromatic heterocycles. The first-order chi connectivity index (χ1) is 18.4. The summed E-state index contributed by atoms with van der Waals surface area (Å²) in [5.74, 6) is 0.962. The second kappa shape index (κ2) is 12.4. The van der Waals surface area contributed by atoms with E-state index in [4.69, 9.17) is 41.5 Å². The van der Waals surface area contributed by atoms with Crippen LogP contribution in [0.5, 0.6) is 0 Å². The van der Waals surface area contributed by atoms with E-state index in [1.54, 1.807) is 74.5 Å². The number of ether oxygens (including phenoxy) is 2. The monoisotopic (exact) mass is 552 g/mol. The molecule has 0 spiro atoms. The Morgan fingerprint density at radius 2 is 1.13 bits per heavy atom. The molecule has 0 saturated heterocycles. The number of furan rings is 2. The molecule has 0 fully saturated rings. The van der Waals surface area contributed by atoms with Crippen molar-refractivity contribution >= 4 is 47.6 Å². The van der Waals surface area contributed by atoms with Crippen LogP contribution in [0.25, 0.3) is 22.6 Å². The number of nitrogens with zero attached hydrogens (tertiary/aromatic N) is 2. The number of esters is 2. The molecule has 4 aromatic rings. The topological polar surface area (TPSA) is 104 Å². The highest BCUT2D eigenvalue weighted by atomic mass is 35.5. The highest BCUT2D eigenvalue weighted by Crippen LogP contribution is 2.28. The molecule has 0 amide bonds. The van der Waals surface area contributed by atoms with Gasteiger partial charge in [-0.25, -0.2) is 9.59 Å². The van der Waals surface area contributed by atoms with Crippen molar-refractivity contribution < 1.29 is 27.9 Å². The quantitative estimate of drug-likeness (QED) is 0.122. The predicted octanol–water partition coefficient (Wildman–Crippen LogP) is 7.32. The van der Waals surface area contributed by atoms with Crippen LogP contribution in [0, 0.1) is 0 Å². The summed E-state index contributed by atoms with van der Waals surface area (Å²) in [4.78, 5) is 24.2. The summed E-state index contributed by atoms with van der Waals surface area (Å²) < 4.78 is 21.6. The summed E-state index contributed by atoms with van der Waals surface area (Å²) in [6.07, 6.45) is 2.88. The molecule has 2 aromatic carbocycles. The average Bonchev–Trinajstić information content (AvgIpc) is 3.57. The lowest BCUT2D eigenvalue weighted by atomic mass is 10.1. The third kappa shape index (κ3) is 6.40. The molecule has 0 aliphatic heterocycles. The summed E-state index contributed by atoms with van der Waals surface area (Å²) in [6, 6.07) is 16.9. The number of benzene rings is 2. The van der Waals surface area contributed by atoms with Gasteiger partial charge in [0, 0.05) is 11.1 Å². The molecule has 2 heterocycles. The molecule has 8 nitrogen and oxygen atoms in total. The van der Waals surface area contributed by atoms with Gasteiger partial charge in [0.25, 0.3) is 0 Å². The highest BCUT2D eigenvalue weighted by Gasteiger charge is 2.15. The summed E-state index contributed by atoms with van der Waals surface area (Å²) in [5, 5.41) is 8.59. The van der Waals surface area contributed by atoms with E-state index in [1.165, 1.54) is 12.4 Å². The fourth-order valence-electron chi connectivity index (χ4n) is 3.42. The van der Waals surface area contributed by atoms with Crippen molar-refractivity contribution in [1.29, 1.82) is 0 Å². The molecule has 0 unspecified atom stereocenters. The van der Waals surface area contributed by atoms with Gasteiger partial charge in [0.15, 0.2) is 0 Å². The van der Waals surface area contributed by atoms with Gasteiger partial charge in [-0.1, -0.05) is 23.2 Å². The Labute approximate surface area is 228 Å². The first-order valence-corrected chi connectivity index (χ1v) is 12.3. The van der Waals surface area contributed by atoms with Crippen LogP contribution < -0.4 is 0 Å². The van der Waals surface area contributed by atoms with Crippen LogP contribution in [0.15, 0.2) is 79.7 Å². The van der Waals surface area contributed by atoms with E-state index in [0.717, 1.165) is 0 Å². The number of halogens is 2. The van der Waals surface area contributed by atoms with Crippen LogP contribution in [0.2, 0.25) is 10.0 Å². The average molecular weight is 553 g/mol. The second-order valence-corrected chi connectivity index (χ2v) is 8.54. The van der Waals surface area contributed by atoms with Crippen LogP contribution >= 0.6 is 23.2 Å². The first-order valence-electron chi connectivity index (χ1n) is 11.6. The van der Waals surface area contributed by atoms with Gasteiger partial charge in [-0.05, 0) is 74.5 Å². The molecule has 0 bridgehead atoms. The van der Waals surface area contributed by atoms with E-state index in [2.05, 4.69) is 10.2 Å². The van der Waals surface area contributed by atoms with E-state index in [9.17, 15) is 9.59 Å². The van der Waals surface area contributed by atoms with Gasteiger partial charge >= 0.3 is 11.9 Å². The zero-order valence-corrected chi connectivity index (χ0v) is 22.0. The Bertz CT molecular complexity index is 1410. The third-order valence-corrected chi connectivity index (χ3v) is 5.84. The molecular weight excluding hydrogens is 531 g/mol. The molecule has 4 rings (SSSR count). The second-order valence-electron chi connectivity index (χ2n) is 7.72. The Balaban J connectivity index is 1.43. The van der Waals surface area contributed by atoms with Gasteiger partial charge in [0.2, 0.25) is 0 Å². The van der Waals surface area contributed by atoms with E-state index in [-0.39, 0.29) is 24.3 Å². The van der Waals surface area contributed by atoms with Gasteiger partial charge in [0.1, 0.15) is 23.0 Å². The molecule has 0 radical (unpaired) electrons. The van der Waals surface area contributed by atoms with Crippen molar-refractivity contribution in [2.75, 3.05) is 13.2 Å². The van der Waals surface area contributed by atoms with Crippen molar-refractivity contribution in [3.63, 3.8) is 0 Å². The number of carbonyl (C=O) groups is 2. The van der Waals surface area contributed by atoms with Gasteiger partial charge in [-0.3, -0.25) is 0 Å². The number of hydrogen-bond donors (Lipinski definition) is 0. The van der Waals surface area contributed by atoms with Crippen molar-refractivity contribution in [3.05, 3.63) is 93.4 Å². The van der Waals surface area contributed by atoms with Crippen LogP contribution in [0.4, 0.5) is 0 Å². The molecule has 194 valence electrons. The van der Waals surface area contributed by atoms with Gasteiger partial charge < -0.3 is 18.3 Å². The van der Waals surface area contributed by atoms with Gasteiger partial charge in [-0.15, -0.1) is 0 Å². The lowest BCUT2D eigenvalue weighted by Crippen LogP contribution is -2.05. The smallest absolute Gasteiger partial charge is 0.339 e. The molecule has 0 aliphatic rings. The van der Waals surface area contributed by atoms with Gasteiger partial charge in [0.05, 0.1) is 46.8 Å². The SMILES string of the molecule is CCOC(=O)c1cc(-c2ccc(/C=N\N=C/c3ccc(-c4ccc(Cl)c(C(=O)OCC)c4)o3)o2)ccc1Cl. The fourth-order valence-corrected chi connectivity index (χ4v) is 3.81. The van der Waals surface area contributed by atoms with Crippen LogP contribution in [0.1, 0.15) is 46.1 Å². The lowest BCUT2D eigenvalue weighted by molar-refractivity contribution is 0.0517. The zero-order chi connectivity index (χ0) is 27.1. The van der Waals surface area contributed by atoms with E-state index >= 15 is 0 Å². The van der Waals surface area contributed by atoms with Crippen molar-refractivity contribution in [3.8, 4) is 22.6 Å². The molecule has 0 aliphatic carbocycles. The molecule has 0 N–H and O–H groups in total. The van der Waals surface area contributed by atoms with Gasteiger partial charge in [-0.2, -0.15) is 10.2 Å². The maximum absolute atomic E-state index is 12.1. The Kier molecular flexibility index (Phi) is 8.78. The minimum atomic E-state index is -0.501. The van der Waals surface area contributed by atoms with Crippen LogP contribution in [-0.2, 0) is 9.47 Å². The Morgan fingerprint density at radius 1 is 0.711 bits per heavy atom. The number of rotatable bonds is 9. The zero-order valence-electron chi connectivity index (χ0n) is 20.4. The largest absolute Gasteiger partial charge is 0.462 e. The minimum Gasteiger partial charge on any atom is -0.462 e. The van der Waals surface area contributed by atoms with Crippen molar-refractivity contribution in [1.82, 2.24) is 0 Å². The summed E-state index contributed by atoms with van der Waals surface area (Å²) in [7, 11) is 0. The molecule has 10 heteroatoms. The molecular formula is C28H22Cl2N2O6. The standard InChI is InChI=1S/C28H22Cl2N2O6/c1-3-35-27(33)21-13-17(5-9-23(21)29)25-11-7-19(37-25)15-31-32-16-20-8-12-26(38-20)18-6-10-24(30)22(14-18)28(34)36-4-2/h5-16H,3-4H2,1-2H3/b31-15-,32-16-. The Morgan fingerprint density at radius 3 is 1.53 bits per heavy atom. The molecule has 0 saturated carbocycles. The predicted molar refractivity (Wildman–Crippen MR) is 145 cm³/mol. The first kappa shape index (κ1) is 26.9. The highest BCUT2D eigenvalue weighted by molar-refractivity contribution is 6.34. The Hall–Kier alpha value is -4.14. The van der Waals surface area contributed by atoms with E-state index in [1.807, 2.05) is 0 Å². The van der Waals surface area contributed by atoms with Crippen LogP contribution in [0.3, 0.4) is 0 Å². The number of carbonyl (C=O) groups excluding carboxylic acids is 2. The summed E-state index contributed by atoms with van der Waals surface area (Å²) in [6.45, 7) is 3.95. The minimum absolute atomic E-state index is 0.248. The van der Waals surface area contributed by atoms with E-state index in [0.29, 0.717) is 44.2 Å². The van der Waals surface area contributed by atoms with Crippen molar-refractivity contribution in [2.45, 2.75) is 13.8 Å². The normalized spacial score (nSPS) is 11.4. The van der Waals surface area contributed by atoms with Crippen molar-refractivity contribution in [2.24, 2.45) is 10.2 Å².